The van der Waals surface area contributed by atoms with Crippen molar-refractivity contribution < 1.29 is 4.42 Å². The van der Waals surface area contributed by atoms with E-state index in [0.29, 0.717) is 18.9 Å². The third-order valence-electron chi connectivity index (χ3n) is 1.98. The molecule has 14 heavy (non-hydrogen) atoms. The number of aromatic nitrogens is 3. The normalized spacial score (nSPS) is 10.7. The summed E-state index contributed by atoms with van der Waals surface area (Å²) < 4.78 is 7.38. The van der Waals surface area contributed by atoms with Gasteiger partial charge in [0, 0.05) is 20.0 Å². The van der Waals surface area contributed by atoms with E-state index < -0.39 is 0 Å². The molecular weight excluding hydrogens is 180 g/mol. The average molecular weight is 192 g/mol. The first-order chi connectivity index (χ1) is 6.81. The molecule has 0 spiro atoms. The number of hydrogen-bond donors (Lipinski definition) is 1. The van der Waals surface area contributed by atoms with E-state index in [-0.39, 0.29) is 0 Å². The van der Waals surface area contributed by atoms with Crippen LogP contribution in [-0.2, 0) is 13.5 Å². The van der Waals surface area contributed by atoms with E-state index in [1.807, 2.05) is 11.6 Å². The molecule has 2 rings (SSSR count). The van der Waals surface area contributed by atoms with Crippen LogP contribution in [0.25, 0.3) is 11.5 Å². The van der Waals surface area contributed by atoms with Gasteiger partial charge in [-0.3, -0.25) is 0 Å². The molecule has 0 unspecified atom stereocenters. The minimum absolute atomic E-state index is 0.547. The maximum Gasteiger partial charge on any atom is 0.196 e. The summed E-state index contributed by atoms with van der Waals surface area (Å²) in [6, 6.07) is 0. The number of oxazole rings is 1. The first kappa shape index (κ1) is 8.96. The summed E-state index contributed by atoms with van der Waals surface area (Å²) in [5.41, 5.74) is 6.32. The molecule has 0 bridgehead atoms. The van der Waals surface area contributed by atoms with Crippen molar-refractivity contribution in [3.8, 4) is 11.5 Å². The number of rotatable bonds is 3. The molecule has 0 aromatic carbocycles. The molecule has 0 aliphatic carbocycles. The van der Waals surface area contributed by atoms with Crippen LogP contribution in [0, 0.1) is 0 Å². The molecular formula is C9H12N4O. The molecule has 0 saturated heterocycles. The van der Waals surface area contributed by atoms with E-state index in [9.17, 15) is 0 Å². The van der Waals surface area contributed by atoms with Gasteiger partial charge in [0.15, 0.2) is 11.7 Å². The molecule has 2 aromatic heterocycles. The Kier molecular flexibility index (Phi) is 2.32. The Hall–Kier alpha value is -1.62. The zero-order valence-electron chi connectivity index (χ0n) is 7.97. The van der Waals surface area contributed by atoms with Gasteiger partial charge in [0.05, 0.1) is 18.7 Å². The van der Waals surface area contributed by atoms with Gasteiger partial charge in [0.1, 0.15) is 5.69 Å². The van der Waals surface area contributed by atoms with Crippen LogP contribution in [0.5, 0.6) is 0 Å². The summed E-state index contributed by atoms with van der Waals surface area (Å²) in [5.74, 6) is 1.40. The summed E-state index contributed by atoms with van der Waals surface area (Å²) >= 11 is 0. The smallest absolute Gasteiger partial charge is 0.196 e. The van der Waals surface area contributed by atoms with Crippen molar-refractivity contribution in [1.29, 1.82) is 0 Å². The van der Waals surface area contributed by atoms with Crippen LogP contribution in [0.15, 0.2) is 23.1 Å². The van der Waals surface area contributed by atoms with E-state index >= 15 is 0 Å². The van der Waals surface area contributed by atoms with Gasteiger partial charge in [0.25, 0.3) is 0 Å². The van der Waals surface area contributed by atoms with Crippen LogP contribution in [0.1, 0.15) is 5.89 Å². The Morgan fingerprint density at radius 1 is 1.50 bits per heavy atom. The first-order valence-corrected chi connectivity index (χ1v) is 4.42. The highest BCUT2D eigenvalue weighted by atomic mass is 16.4. The van der Waals surface area contributed by atoms with E-state index in [4.69, 9.17) is 10.2 Å². The van der Waals surface area contributed by atoms with Gasteiger partial charge in [-0.05, 0) is 0 Å². The second-order valence-electron chi connectivity index (χ2n) is 3.05. The molecule has 0 atom stereocenters. The van der Waals surface area contributed by atoms with Gasteiger partial charge in [0.2, 0.25) is 0 Å². The van der Waals surface area contributed by atoms with E-state index in [1.54, 1.807) is 18.7 Å². The lowest BCUT2D eigenvalue weighted by Crippen LogP contribution is -2.02. The van der Waals surface area contributed by atoms with Crippen molar-refractivity contribution in [2.24, 2.45) is 12.8 Å². The van der Waals surface area contributed by atoms with Gasteiger partial charge >= 0.3 is 0 Å². The number of aryl methyl sites for hydroxylation is 1. The second-order valence-corrected chi connectivity index (χ2v) is 3.05. The molecule has 5 nitrogen and oxygen atoms in total. The van der Waals surface area contributed by atoms with Gasteiger partial charge < -0.3 is 14.7 Å². The SMILES string of the molecule is Cn1cncc1-c1cnc(CCN)o1. The lowest BCUT2D eigenvalue weighted by Gasteiger charge is -1.95. The summed E-state index contributed by atoms with van der Waals surface area (Å²) in [5, 5.41) is 0. The van der Waals surface area contributed by atoms with E-state index in [2.05, 4.69) is 9.97 Å². The number of nitrogens with zero attached hydrogens (tertiary/aromatic N) is 3. The second kappa shape index (κ2) is 3.63. The van der Waals surface area contributed by atoms with Gasteiger partial charge in [-0.15, -0.1) is 0 Å². The Morgan fingerprint density at radius 2 is 2.36 bits per heavy atom. The van der Waals surface area contributed by atoms with Gasteiger partial charge in [-0.25, -0.2) is 9.97 Å². The fourth-order valence-electron chi connectivity index (χ4n) is 1.26. The molecule has 0 aliphatic heterocycles. The summed E-state index contributed by atoms with van der Waals surface area (Å²) in [6.07, 6.45) is 5.83. The summed E-state index contributed by atoms with van der Waals surface area (Å²) in [6.45, 7) is 0.547. The molecule has 0 radical (unpaired) electrons. The number of hydrogen-bond acceptors (Lipinski definition) is 4. The molecule has 74 valence electrons. The molecule has 0 fully saturated rings. The largest absolute Gasteiger partial charge is 0.439 e. The molecule has 0 saturated carbocycles. The Bertz CT molecular complexity index is 418. The highest BCUT2D eigenvalue weighted by molar-refractivity contribution is 5.49. The third kappa shape index (κ3) is 1.54. The van der Waals surface area contributed by atoms with Crippen LogP contribution in [0.2, 0.25) is 0 Å². The summed E-state index contributed by atoms with van der Waals surface area (Å²) in [4.78, 5) is 8.12. The average Bonchev–Trinajstić information content (AvgIpc) is 2.74. The van der Waals surface area contributed by atoms with Gasteiger partial charge in [-0.1, -0.05) is 0 Å². The van der Waals surface area contributed by atoms with Crippen molar-refractivity contribution in [3.05, 3.63) is 24.6 Å². The predicted molar refractivity (Wildman–Crippen MR) is 51.5 cm³/mol. The fourth-order valence-corrected chi connectivity index (χ4v) is 1.26. The Morgan fingerprint density at radius 3 is 3.00 bits per heavy atom. The summed E-state index contributed by atoms with van der Waals surface area (Å²) in [7, 11) is 1.91. The molecule has 2 N–H and O–H groups in total. The highest BCUT2D eigenvalue weighted by Crippen LogP contribution is 2.18. The Labute approximate surface area is 81.6 Å². The monoisotopic (exact) mass is 192 g/mol. The lowest BCUT2D eigenvalue weighted by molar-refractivity contribution is 0.505. The quantitative estimate of drug-likeness (QED) is 0.772. The first-order valence-electron chi connectivity index (χ1n) is 4.42. The standard InChI is InChI=1S/C9H12N4O/c1-13-6-11-4-7(13)8-5-12-9(14-8)2-3-10/h4-6H,2-3,10H2,1H3. The van der Waals surface area contributed by atoms with E-state index in [0.717, 1.165) is 11.5 Å². The molecule has 0 amide bonds. The van der Waals surface area contributed by atoms with Crippen LogP contribution in [-0.4, -0.2) is 21.1 Å². The number of nitrogens with two attached hydrogens (primary N) is 1. The molecule has 2 heterocycles. The maximum absolute atomic E-state index is 5.50. The third-order valence-corrected chi connectivity index (χ3v) is 1.98. The van der Waals surface area contributed by atoms with Crippen molar-refractivity contribution >= 4 is 0 Å². The van der Waals surface area contributed by atoms with Crippen molar-refractivity contribution in [1.82, 2.24) is 14.5 Å². The Balaban J connectivity index is 2.29. The minimum Gasteiger partial charge on any atom is -0.439 e. The van der Waals surface area contributed by atoms with Crippen LogP contribution >= 0.6 is 0 Å². The van der Waals surface area contributed by atoms with E-state index in [1.165, 1.54) is 0 Å². The van der Waals surface area contributed by atoms with Crippen LogP contribution in [0.4, 0.5) is 0 Å². The van der Waals surface area contributed by atoms with Crippen molar-refractivity contribution in [2.75, 3.05) is 6.54 Å². The zero-order valence-corrected chi connectivity index (χ0v) is 7.97. The molecule has 2 aromatic rings. The predicted octanol–water partition coefficient (Wildman–Crippen LogP) is 0.576. The highest BCUT2D eigenvalue weighted by Gasteiger charge is 2.08. The molecule has 0 aliphatic rings. The van der Waals surface area contributed by atoms with Gasteiger partial charge in [-0.2, -0.15) is 0 Å². The minimum atomic E-state index is 0.547. The van der Waals surface area contributed by atoms with Crippen LogP contribution in [0.3, 0.4) is 0 Å². The lowest BCUT2D eigenvalue weighted by atomic mass is 10.4. The van der Waals surface area contributed by atoms with Crippen LogP contribution < -0.4 is 5.73 Å². The van der Waals surface area contributed by atoms with Crippen molar-refractivity contribution in [3.63, 3.8) is 0 Å². The molecule has 5 heteroatoms. The van der Waals surface area contributed by atoms with Crippen molar-refractivity contribution in [2.45, 2.75) is 6.42 Å². The maximum atomic E-state index is 5.50. The fraction of sp³-hybridized carbons (Fsp3) is 0.333. The topological polar surface area (TPSA) is 69.9 Å². The zero-order chi connectivity index (χ0) is 9.97. The number of imidazole rings is 1.